The topological polar surface area (TPSA) is 61.4 Å². The molecule has 1 rings (SSSR count). The van der Waals surface area contributed by atoms with E-state index >= 15 is 0 Å². The van der Waals surface area contributed by atoms with Gasteiger partial charge in [-0.3, -0.25) is 19.8 Å². The molecule has 1 aliphatic rings. The van der Waals surface area contributed by atoms with Crippen molar-refractivity contribution in [3.05, 3.63) is 0 Å². The summed E-state index contributed by atoms with van der Waals surface area (Å²) in [5.74, 6) is -0.336. The number of carbonyl (C=O) groups excluding carboxylic acids is 2. The molecule has 0 aromatic rings. The molecule has 1 aliphatic heterocycles. The van der Waals surface area contributed by atoms with Gasteiger partial charge in [-0.1, -0.05) is 20.8 Å². The number of piperazine rings is 1. The molecule has 0 saturated carbocycles. The molecule has 0 aromatic carbocycles. The van der Waals surface area contributed by atoms with E-state index < -0.39 is 0 Å². The number of imide groups is 1. The first kappa shape index (κ1) is 14.1. The van der Waals surface area contributed by atoms with Crippen molar-refractivity contribution >= 4 is 11.8 Å². The molecule has 2 N–H and O–H groups in total. The van der Waals surface area contributed by atoms with Gasteiger partial charge in [-0.2, -0.15) is 0 Å². The van der Waals surface area contributed by atoms with Gasteiger partial charge in [0.05, 0.1) is 12.6 Å². The van der Waals surface area contributed by atoms with Crippen molar-refractivity contribution in [1.29, 1.82) is 0 Å². The average Bonchev–Trinajstić information content (AvgIpc) is 2.23. The van der Waals surface area contributed by atoms with Crippen LogP contribution in [0.4, 0.5) is 0 Å². The van der Waals surface area contributed by atoms with E-state index in [0.29, 0.717) is 12.6 Å². The number of carbonyl (C=O) groups is 2. The molecule has 0 aliphatic carbocycles. The summed E-state index contributed by atoms with van der Waals surface area (Å²) < 4.78 is 0. The zero-order chi connectivity index (χ0) is 12.8. The Kier molecular flexibility index (Phi) is 5.58. The Hall–Kier alpha value is -0.940. The van der Waals surface area contributed by atoms with E-state index in [9.17, 15) is 9.59 Å². The normalized spacial score (nSPS) is 22.0. The van der Waals surface area contributed by atoms with E-state index in [0.717, 1.165) is 25.9 Å². The molecule has 1 unspecified atom stereocenters. The maximum atomic E-state index is 11.6. The second-order valence-electron chi connectivity index (χ2n) is 4.77. The minimum absolute atomic E-state index is 0.147. The van der Waals surface area contributed by atoms with Gasteiger partial charge in [0, 0.05) is 12.6 Å². The molecule has 0 bridgehead atoms. The van der Waals surface area contributed by atoms with Crippen molar-refractivity contribution in [2.75, 3.05) is 19.6 Å². The maximum Gasteiger partial charge on any atom is 0.243 e. The maximum absolute atomic E-state index is 11.6. The van der Waals surface area contributed by atoms with E-state index in [1.54, 1.807) is 0 Å². The summed E-state index contributed by atoms with van der Waals surface area (Å²) in [5.41, 5.74) is 0. The summed E-state index contributed by atoms with van der Waals surface area (Å²) in [6.45, 7) is 8.22. The van der Waals surface area contributed by atoms with Gasteiger partial charge in [-0.25, -0.2) is 0 Å². The van der Waals surface area contributed by atoms with Crippen LogP contribution in [0.25, 0.3) is 0 Å². The molecule has 0 aromatic heterocycles. The van der Waals surface area contributed by atoms with Crippen molar-refractivity contribution in [2.24, 2.45) is 0 Å². The Balaban J connectivity index is 2.38. The fourth-order valence-corrected chi connectivity index (χ4v) is 2.07. The van der Waals surface area contributed by atoms with E-state index in [-0.39, 0.29) is 17.9 Å². The molecule has 17 heavy (non-hydrogen) atoms. The molecule has 98 valence electrons. The molecule has 0 spiro atoms. The van der Waals surface area contributed by atoms with Crippen LogP contribution in [0.5, 0.6) is 0 Å². The summed E-state index contributed by atoms with van der Waals surface area (Å²) in [4.78, 5) is 24.9. The van der Waals surface area contributed by atoms with Crippen molar-refractivity contribution in [1.82, 2.24) is 15.5 Å². The van der Waals surface area contributed by atoms with Crippen LogP contribution in [0.3, 0.4) is 0 Å². The minimum Gasteiger partial charge on any atom is -0.314 e. The SMILES string of the molecule is CCC1C(=O)NC(=O)CN1CCCNC(C)C. The number of nitrogens with zero attached hydrogens (tertiary/aromatic N) is 1. The van der Waals surface area contributed by atoms with E-state index in [1.165, 1.54) is 0 Å². The Morgan fingerprint density at radius 2 is 2.18 bits per heavy atom. The lowest BCUT2D eigenvalue weighted by Gasteiger charge is -2.33. The van der Waals surface area contributed by atoms with E-state index in [4.69, 9.17) is 0 Å². The zero-order valence-corrected chi connectivity index (χ0v) is 11.0. The summed E-state index contributed by atoms with van der Waals surface area (Å²) in [6.07, 6.45) is 1.70. The lowest BCUT2D eigenvalue weighted by atomic mass is 10.1. The number of nitrogens with one attached hydrogen (secondary N) is 2. The van der Waals surface area contributed by atoms with Crippen LogP contribution in [-0.4, -0.2) is 48.4 Å². The third-order valence-corrected chi connectivity index (χ3v) is 2.91. The molecule has 1 atom stereocenters. The van der Waals surface area contributed by atoms with Crippen LogP contribution in [0.15, 0.2) is 0 Å². The Bertz CT molecular complexity index is 279. The fraction of sp³-hybridized carbons (Fsp3) is 0.833. The fourth-order valence-electron chi connectivity index (χ4n) is 2.07. The summed E-state index contributed by atoms with van der Waals surface area (Å²) in [6, 6.07) is 0.329. The van der Waals surface area contributed by atoms with E-state index in [1.807, 2.05) is 11.8 Å². The molecule has 5 nitrogen and oxygen atoms in total. The van der Waals surface area contributed by atoms with E-state index in [2.05, 4.69) is 24.5 Å². The molecule has 1 heterocycles. The van der Waals surface area contributed by atoms with Crippen LogP contribution in [-0.2, 0) is 9.59 Å². The molecule has 1 saturated heterocycles. The Morgan fingerprint density at radius 1 is 1.47 bits per heavy atom. The Labute approximate surface area is 103 Å². The van der Waals surface area contributed by atoms with Gasteiger partial charge in [0.25, 0.3) is 0 Å². The van der Waals surface area contributed by atoms with Crippen LogP contribution < -0.4 is 10.6 Å². The largest absolute Gasteiger partial charge is 0.314 e. The highest BCUT2D eigenvalue weighted by atomic mass is 16.2. The van der Waals surface area contributed by atoms with Gasteiger partial charge in [-0.05, 0) is 19.4 Å². The highest BCUT2D eigenvalue weighted by Crippen LogP contribution is 2.09. The van der Waals surface area contributed by atoms with Gasteiger partial charge >= 0.3 is 0 Å². The van der Waals surface area contributed by atoms with Crippen molar-refractivity contribution in [2.45, 2.75) is 45.7 Å². The molecule has 0 radical (unpaired) electrons. The van der Waals surface area contributed by atoms with Gasteiger partial charge in [0.15, 0.2) is 0 Å². The molecule has 5 heteroatoms. The second kappa shape index (κ2) is 6.71. The van der Waals surface area contributed by atoms with Gasteiger partial charge in [0.2, 0.25) is 11.8 Å². The third-order valence-electron chi connectivity index (χ3n) is 2.91. The lowest BCUT2D eigenvalue weighted by Crippen LogP contribution is -2.58. The number of rotatable bonds is 6. The van der Waals surface area contributed by atoms with Crippen LogP contribution >= 0.6 is 0 Å². The summed E-state index contributed by atoms with van der Waals surface area (Å²) in [5, 5.41) is 5.71. The smallest absolute Gasteiger partial charge is 0.243 e. The summed E-state index contributed by atoms with van der Waals surface area (Å²) >= 11 is 0. The number of amides is 2. The van der Waals surface area contributed by atoms with Crippen molar-refractivity contribution in [3.8, 4) is 0 Å². The van der Waals surface area contributed by atoms with Crippen LogP contribution in [0, 0.1) is 0 Å². The molecule has 1 fully saturated rings. The first-order valence-corrected chi connectivity index (χ1v) is 6.35. The monoisotopic (exact) mass is 241 g/mol. The third kappa shape index (κ3) is 4.44. The van der Waals surface area contributed by atoms with Gasteiger partial charge < -0.3 is 5.32 Å². The second-order valence-corrected chi connectivity index (χ2v) is 4.77. The predicted molar refractivity (Wildman–Crippen MR) is 66.6 cm³/mol. The van der Waals surface area contributed by atoms with Crippen LogP contribution in [0.1, 0.15) is 33.6 Å². The van der Waals surface area contributed by atoms with Gasteiger partial charge in [-0.15, -0.1) is 0 Å². The summed E-state index contributed by atoms with van der Waals surface area (Å²) in [7, 11) is 0. The lowest BCUT2D eigenvalue weighted by molar-refractivity contribution is -0.140. The standard InChI is InChI=1S/C12H23N3O2/c1-4-10-12(17)14-11(16)8-15(10)7-5-6-13-9(2)3/h9-10,13H,4-8H2,1-3H3,(H,14,16,17). The average molecular weight is 241 g/mol. The minimum atomic E-state index is -0.184. The highest BCUT2D eigenvalue weighted by Gasteiger charge is 2.31. The highest BCUT2D eigenvalue weighted by molar-refractivity contribution is 6.01. The van der Waals surface area contributed by atoms with Crippen LogP contribution in [0.2, 0.25) is 0 Å². The molecular weight excluding hydrogens is 218 g/mol. The Morgan fingerprint density at radius 3 is 2.76 bits per heavy atom. The van der Waals surface area contributed by atoms with Crippen molar-refractivity contribution < 1.29 is 9.59 Å². The quantitative estimate of drug-likeness (QED) is 0.512. The molecule has 2 amide bonds. The predicted octanol–water partition coefficient (Wildman–Crippen LogP) is 0.112. The zero-order valence-electron chi connectivity index (χ0n) is 11.0. The number of hydrogen-bond acceptors (Lipinski definition) is 4. The first-order chi connectivity index (χ1) is 8.04. The molecular formula is C12H23N3O2. The van der Waals surface area contributed by atoms with Gasteiger partial charge in [0.1, 0.15) is 0 Å². The van der Waals surface area contributed by atoms with Crippen molar-refractivity contribution in [3.63, 3.8) is 0 Å². The first-order valence-electron chi connectivity index (χ1n) is 6.35. The number of hydrogen-bond donors (Lipinski definition) is 2.